The van der Waals surface area contributed by atoms with Gasteiger partial charge in [0.25, 0.3) is 0 Å². The Morgan fingerprint density at radius 3 is 2.63 bits per heavy atom. The number of fused-ring (bicyclic) bond motifs is 1. The highest BCUT2D eigenvalue weighted by Gasteiger charge is 2.43. The third-order valence-electron chi connectivity index (χ3n) is 4.39. The summed E-state index contributed by atoms with van der Waals surface area (Å²) in [5.74, 6) is -0.339. The van der Waals surface area contributed by atoms with E-state index in [0.29, 0.717) is 17.3 Å². The van der Waals surface area contributed by atoms with Crippen LogP contribution in [0.3, 0.4) is 0 Å². The first-order chi connectivity index (χ1) is 13.0. The molecule has 1 heterocycles. The van der Waals surface area contributed by atoms with Crippen molar-refractivity contribution in [3.63, 3.8) is 0 Å². The molecule has 0 spiro atoms. The zero-order valence-corrected chi connectivity index (χ0v) is 15.7. The lowest BCUT2D eigenvalue weighted by Crippen LogP contribution is -2.43. The Balaban J connectivity index is 2.02. The Bertz CT molecular complexity index is 850. The molecule has 0 saturated carbocycles. The van der Waals surface area contributed by atoms with E-state index < -0.39 is 18.1 Å². The summed E-state index contributed by atoms with van der Waals surface area (Å²) in [6.07, 6.45) is 0.224. The third kappa shape index (κ3) is 3.98. The van der Waals surface area contributed by atoms with Gasteiger partial charge in [-0.2, -0.15) is 0 Å². The van der Waals surface area contributed by atoms with Crippen molar-refractivity contribution in [1.82, 2.24) is 4.90 Å². The molecule has 2 unspecified atom stereocenters. The summed E-state index contributed by atoms with van der Waals surface area (Å²) < 4.78 is 11.2. The maximum absolute atomic E-state index is 12.7. The fraction of sp³-hybridized carbons (Fsp3) is 0.238. The Labute approximate surface area is 163 Å². The smallest absolute Gasteiger partial charge is 0.349 e. The van der Waals surface area contributed by atoms with Gasteiger partial charge in [-0.05, 0) is 48.4 Å². The molecule has 0 aromatic heterocycles. The number of ether oxygens (including phenoxy) is 2. The summed E-state index contributed by atoms with van der Waals surface area (Å²) in [4.78, 5) is 26.8. The predicted octanol–water partition coefficient (Wildman–Crippen LogP) is 3.92. The van der Waals surface area contributed by atoms with Gasteiger partial charge < -0.3 is 14.4 Å². The largest absolute Gasteiger partial charge is 0.476 e. The molecule has 0 saturated heterocycles. The van der Waals surface area contributed by atoms with E-state index in [0.717, 1.165) is 11.1 Å². The van der Waals surface area contributed by atoms with E-state index in [2.05, 4.69) is 6.58 Å². The van der Waals surface area contributed by atoms with Crippen molar-refractivity contribution in [2.75, 3.05) is 6.61 Å². The number of hydrogen-bond donors (Lipinski definition) is 0. The van der Waals surface area contributed by atoms with Gasteiger partial charge >= 0.3 is 5.97 Å². The fourth-order valence-corrected chi connectivity index (χ4v) is 3.33. The molecule has 1 aliphatic heterocycles. The topological polar surface area (TPSA) is 55.8 Å². The van der Waals surface area contributed by atoms with Crippen LogP contribution in [0.2, 0.25) is 5.02 Å². The second-order valence-electron chi connectivity index (χ2n) is 6.06. The quantitative estimate of drug-likeness (QED) is 0.558. The van der Waals surface area contributed by atoms with Crippen molar-refractivity contribution >= 4 is 23.5 Å². The van der Waals surface area contributed by atoms with Crippen LogP contribution in [-0.4, -0.2) is 29.5 Å². The summed E-state index contributed by atoms with van der Waals surface area (Å²) >= 11 is 5.93. The summed E-state index contributed by atoms with van der Waals surface area (Å²) in [7, 11) is 0. The second-order valence-corrected chi connectivity index (χ2v) is 6.49. The Morgan fingerprint density at radius 2 is 1.96 bits per heavy atom. The van der Waals surface area contributed by atoms with Crippen LogP contribution >= 0.6 is 11.6 Å². The number of rotatable bonds is 6. The van der Waals surface area contributed by atoms with Gasteiger partial charge in [0.2, 0.25) is 12.0 Å². The Kier molecular flexibility index (Phi) is 5.81. The van der Waals surface area contributed by atoms with Crippen molar-refractivity contribution in [3.8, 4) is 5.75 Å². The minimum absolute atomic E-state index is 0.211. The van der Waals surface area contributed by atoms with Gasteiger partial charge in [-0.1, -0.05) is 42.4 Å². The molecule has 0 bridgehead atoms. The first-order valence-corrected chi connectivity index (χ1v) is 9.02. The van der Waals surface area contributed by atoms with Crippen LogP contribution in [0.25, 0.3) is 0 Å². The van der Waals surface area contributed by atoms with Crippen molar-refractivity contribution in [2.45, 2.75) is 25.6 Å². The van der Waals surface area contributed by atoms with Gasteiger partial charge in [0.1, 0.15) is 11.8 Å². The molecule has 2 atom stereocenters. The molecule has 0 radical (unpaired) electrons. The van der Waals surface area contributed by atoms with Crippen molar-refractivity contribution < 1.29 is 19.1 Å². The van der Waals surface area contributed by atoms with Crippen LogP contribution < -0.4 is 4.74 Å². The minimum Gasteiger partial charge on any atom is -0.476 e. The highest BCUT2D eigenvalue weighted by atomic mass is 35.5. The van der Waals surface area contributed by atoms with Crippen LogP contribution in [0.4, 0.5) is 0 Å². The number of nitrogens with zero attached hydrogens (tertiary/aromatic N) is 1. The van der Waals surface area contributed by atoms with Crippen LogP contribution in [0, 0.1) is 0 Å². The first-order valence-electron chi connectivity index (χ1n) is 8.64. The van der Waals surface area contributed by atoms with Crippen molar-refractivity contribution in [3.05, 3.63) is 77.3 Å². The molecule has 3 rings (SSSR count). The number of carbonyl (C=O) groups is 2. The van der Waals surface area contributed by atoms with Gasteiger partial charge in [-0.15, -0.1) is 0 Å². The average molecular weight is 386 g/mol. The third-order valence-corrected chi connectivity index (χ3v) is 4.64. The maximum atomic E-state index is 12.7. The highest BCUT2D eigenvalue weighted by Crippen LogP contribution is 2.38. The molecule has 0 N–H and O–H groups in total. The van der Waals surface area contributed by atoms with E-state index in [9.17, 15) is 9.59 Å². The number of amides is 1. The van der Waals surface area contributed by atoms with Gasteiger partial charge in [0.05, 0.1) is 6.61 Å². The summed E-state index contributed by atoms with van der Waals surface area (Å²) in [5, 5.41) is 0.560. The van der Waals surface area contributed by atoms with E-state index in [4.69, 9.17) is 21.1 Å². The molecule has 2 aromatic rings. The van der Waals surface area contributed by atoms with Crippen LogP contribution in [0.15, 0.2) is 61.2 Å². The van der Waals surface area contributed by atoms with Gasteiger partial charge in [0.15, 0.2) is 0 Å². The number of esters is 1. The molecular weight excluding hydrogens is 366 g/mol. The summed E-state index contributed by atoms with van der Waals surface area (Å²) in [6.45, 7) is 5.89. The van der Waals surface area contributed by atoms with Crippen LogP contribution in [-0.2, 0) is 20.9 Å². The van der Waals surface area contributed by atoms with Crippen LogP contribution in [0.5, 0.6) is 5.75 Å². The van der Waals surface area contributed by atoms with Gasteiger partial charge in [-0.25, -0.2) is 4.79 Å². The standard InChI is InChI=1S/C21H20ClNO4/c1-3-18(24)23-13-14-7-5-6-8-17(14)19(23)20(21(25)26-4-2)27-16-11-9-15(22)10-12-16/h3,5-12,19-20H,1,4,13H2,2H3. The van der Waals surface area contributed by atoms with E-state index in [1.54, 1.807) is 36.1 Å². The molecule has 5 nitrogen and oxygen atoms in total. The summed E-state index contributed by atoms with van der Waals surface area (Å²) in [5.41, 5.74) is 1.83. The predicted molar refractivity (Wildman–Crippen MR) is 102 cm³/mol. The van der Waals surface area contributed by atoms with E-state index in [-0.39, 0.29) is 12.5 Å². The molecule has 2 aromatic carbocycles. The fourth-order valence-electron chi connectivity index (χ4n) is 3.20. The number of halogens is 1. The maximum Gasteiger partial charge on any atom is 0.349 e. The van der Waals surface area contributed by atoms with E-state index in [1.807, 2.05) is 24.3 Å². The molecule has 27 heavy (non-hydrogen) atoms. The lowest BCUT2D eigenvalue weighted by molar-refractivity contribution is -0.156. The van der Waals surface area contributed by atoms with E-state index >= 15 is 0 Å². The highest BCUT2D eigenvalue weighted by molar-refractivity contribution is 6.30. The van der Waals surface area contributed by atoms with Gasteiger partial charge in [-0.3, -0.25) is 4.79 Å². The molecule has 0 aliphatic carbocycles. The molecule has 140 valence electrons. The van der Waals surface area contributed by atoms with Crippen molar-refractivity contribution in [2.24, 2.45) is 0 Å². The molecule has 1 amide bonds. The molecular formula is C21H20ClNO4. The summed E-state index contributed by atoms with van der Waals surface area (Å²) in [6, 6.07) is 13.7. The first kappa shape index (κ1) is 19.0. The number of hydrogen-bond acceptors (Lipinski definition) is 4. The number of benzene rings is 2. The van der Waals surface area contributed by atoms with Gasteiger partial charge in [0, 0.05) is 11.6 Å². The zero-order chi connectivity index (χ0) is 19.4. The van der Waals surface area contributed by atoms with Crippen LogP contribution in [0.1, 0.15) is 24.1 Å². The zero-order valence-electron chi connectivity index (χ0n) is 14.9. The molecule has 1 aliphatic rings. The Hall–Kier alpha value is -2.79. The molecule has 6 heteroatoms. The average Bonchev–Trinajstić information content (AvgIpc) is 3.06. The second kappa shape index (κ2) is 8.27. The normalized spacial score (nSPS) is 16.4. The SMILES string of the molecule is C=CC(=O)N1Cc2ccccc2C1C(Oc1ccc(Cl)cc1)C(=O)OCC. The lowest BCUT2D eigenvalue weighted by atomic mass is 10.00. The number of carbonyl (C=O) groups excluding carboxylic acids is 2. The van der Waals surface area contributed by atoms with Crippen molar-refractivity contribution in [1.29, 1.82) is 0 Å². The lowest BCUT2D eigenvalue weighted by Gasteiger charge is -2.30. The minimum atomic E-state index is -1.02. The Morgan fingerprint density at radius 1 is 1.26 bits per heavy atom. The monoisotopic (exact) mass is 385 g/mol. The molecule has 0 fully saturated rings. The van der Waals surface area contributed by atoms with E-state index in [1.165, 1.54) is 6.08 Å².